The van der Waals surface area contributed by atoms with Gasteiger partial charge in [-0.15, -0.1) is 0 Å². The van der Waals surface area contributed by atoms with Crippen LogP contribution in [-0.4, -0.2) is 0 Å². The monoisotopic (exact) mass is 783 g/mol. The molecule has 0 unspecified atom stereocenters. The maximum absolute atomic E-state index is 7.14. The van der Waals surface area contributed by atoms with Crippen LogP contribution in [0.4, 0.5) is 17.1 Å². The number of hydrogen-bond acceptors (Lipinski definition) is 2. The number of benzene rings is 9. The normalized spacial score (nSPS) is 13.1. The Kier molecular flexibility index (Phi) is 8.65. The van der Waals surface area contributed by atoms with Crippen LogP contribution in [0, 0.1) is 27.7 Å². The van der Waals surface area contributed by atoms with Crippen LogP contribution in [0.3, 0.4) is 0 Å². The number of nitrogens with zero attached hydrogens (tertiary/aromatic N) is 1. The second-order valence-corrected chi connectivity index (χ2v) is 16.7. The van der Waals surface area contributed by atoms with Gasteiger partial charge in [-0.05, 0) is 166 Å². The molecule has 61 heavy (non-hydrogen) atoms. The van der Waals surface area contributed by atoms with Crippen molar-refractivity contribution in [3.63, 3.8) is 0 Å². The molecule has 2 aliphatic rings. The Hall–Kier alpha value is -7.42. The van der Waals surface area contributed by atoms with Crippen molar-refractivity contribution in [1.82, 2.24) is 0 Å². The molecule has 0 atom stereocenters. The third-order valence-corrected chi connectivity index (χ3v) is 13.1. The average Bonchev–Trinajstić information content (AvgIpc) is 3.29. The van der Waals surface area contributed by atoms with Crippen molar-refractivity contribution in [3.8, 4) is 56.0 Å². The molecule has 0 aromatic heterocycles. The van der Waals surface area contributed by atoms with Gasteiger partial charge in [0.1, 0.15) is 11.5 Å². The summed E-state index contributed by atoms with van der Waals surface area (Å²) in [6, 6.07) is 73.8. The third kappa shape index (κ3) is 5.78. The molecule has 2 heterocycles. The van der Waals surface area contributed by atoms with Gasteiger partial charge in [-0.25, -0.2) is 0 Å². The smallest absolute Gasteiger partial charge is 0.132 e. The van der Waals surface area contributed by atoms with E-state index in [4.69, 9.17) is 4.74 Å². The molecule has 0 saturated carbocycles. The first-order chi connectivity index (χ1) is 29.9. The molecule has 9 aromatic rings. The molecule has 0 radical (unpaired) electrons. The standard InChI is InChI=1S/C59H45NO/c1-38-16-8-12-22-47(38)42-26-30-55-51(34-42)59(52-35-43(48-23-13-9-17-39(48)2)27-31-56(52)60(55)46-20-6-5-7-21-46)53-36-44(49-24-14-10-18-40(49)3)28-32-57(53)61-58-33-29-45(37-54(58)59)50-25-15-11-19-41(50)4/h5-37H,1-4H3. The fraction of sp³-hybridized carbons (Fsp3) is 0.0847. The summed E-state index contributed by atoms with van der Waals surface area (Å²) in [6.07, 6.45) is 0. The Bertz CT molecular complexity index is 2980. The lowest BCUT2D eigenvalue weighted by molar-refractivity contribution is 0.434. The number of hydrogen-bond donors (Lipinski definition) is 0. The number of rotatable bonds is 5. The first-order valence-corrected chi connectivity index (χ1v) is 21.3. The van der Waals surface area contributed by atoms with Crippen LogP contribution in [0.5, 0.6) is 11.5 Å². The predicted octanol–water partition coefficient (Wildman–Crippen LogP) is 15.9. The van der Waals surface area contributed by atoms with E-state index < -0.39 is 5.41 Å². The summed E-state index contributed by atoms with van der Waals surface area (Å²) < 4.78 is 7.14. The lowest BCUT2D eigenvalue weighted by Gasteiger charge is -2.49. The minimum Gasteiger partial charge on any atom is -0.457 e. The van der Waals surface area contributed by atoms with Gasteiger partial charge in [0.05, 0.1) is 16.8 Å². The van der Waals surface area contributed by atoms with Crippen molar-refractivity contribution in [2.45, 2.75) is 33.1 Å². The second-order valence-electron chi connectivity index (χ2n) is 16.7. The summed E-state index contributed by atoms with van der Waals surface area (Å²) in [6.45, 7) is 8.84. The molecule has 9 aromatic carbocycles. The number of ether oxygens (including phenoxy) is 1. The summed E-state index contributed by atoms with van der Waals surface area (Å²) in [5.74, 6) is 1.72. The van der Waals surface area contributed by atoms with E-state index in [0.29, 0.717) is 0 Å². The molecule has 0 aliphatic carbocycles. The maximum atomic E-state index is 7.14. The summed E-state index contributed by atoms with van der Waals surface area (Å²) in [5.41, 5.74) is 21.8. The lowest BCUT2D eigenvalue weighted by Crippen LogP contribution is -2.40. The number of para-hydroxylation sites is 1. The van der Waals surface area contributed by atoms with E-state index in [2.05, 4.69) is 233 Å². The van der Waals surface area contributed by atoms with Gasteiger partial charge in [-0.2, -0.15) is 0 Å². The molecule has 2 heteroatoms. The summed E-state index contributed by atoms with van der Waals surface area (Å²) in [7, 11) is 0. The Morgan fingerprint density at radius 2 is 0.656 bits per heavy atom. The zero-order valence-electron chi connectivity index (χ0n) is 34.9. The molecular formula is C59H45NO. The molecule has 0 amide bonds. The maximum Gasteiger partial charge on any atom is 0.132 e. The van der Waals surface area contributed by atoms with Gasteiger partial charge >= 0.3 is 0 Å². The highest BCUT2D eigenvalue weighted by atomic mass is 16.5. The Labute approximate surface area is 359 Å². The molecule has 0 bridgehead atoms. The van der Waals surface area contributed by atoms with Crippen LogP contribution in [0.2, 0.25) is 0 Å². The predicted molar refractivity (Wildman–Crippen MR) is 254 cm³/mol. The molecular weight excluding hydrogens is 739 g/mol. The van der Waals surface area contributed by atoms with E-state index in [1.807, 2.05) is 0 Å². The topological polar surface area (TPSA) is 12.5 Å². The van der Waals surface area contributed by atoms with E-state index in [1.165, 1.54) is 66.8 Å². The molecule has 0 N–H and O–H groups in total. The molecule has 0 fully saturated rings. The van der Waals surface area contributed by atoms with Gasteiger partial charge in [-0.1, -0.05) is 140 Å². The zero-order valence-corrected chi connectivity index (χ0v) is 34.9. The zero-order chi connectivity index (χ0) is 41.2. The fourth-order valence-corrected chi connectivity index (χ4v) is 10.1. The Morgan fingerprint density at radius 1 is 0.328 bits per heavy atom. The van der Waals surface area contributed by atoms with Crippen LogP contribution in [0.15, 0.2) is 200 Å². The first-order valence-electron chi connectivity index (χ1n) is 21.3. The van der Waals surface area contributed by atoms with Crippen LogP contribution in [0.1, 0.15) is 44.5 Å². The Morgan fingerprint density at radius 3 is 1.03 bits per heavy atom. The van der Waals surface area contributed by atoms with Crippen LogP contribution < -0.4 is 9.64 Å². The van der Waals surface area contributed by atoms with Gasteiger partial charge in [0, 0.05) is 16.8 Å². The highest BCUT2D eigenvalue weighted by Gasteiger charge is 2.52. The van der Waals surface area contributed by atoms with Crippen LogP contribution in [0.25, 0.3) is 44.5 Å². The fourth-order valence-electron chi connectivity index (χ4n) is 10.1. The molecule has 292 valence electrons. The minimum absolute atomic E-state index is 0.812. The molecule has 2 nitrogen and oxygen atoms in total. The minimum atomic E-state index is -0.812. The van der Waals surface area contributed by atoms with Gasteiger partial charge in [0.2, 0.25) is 0 Å². The van der Waals surface area contributed by atoms with Crippen molar-refractivity contribution >= 4 is 17.1 Å². The van der Waals surface area contributed by atoms with E-state index in [1.54, 1.807) is 0 Å². The number of aryl methyl sites for hydroxylation is 4. The van der Waals surface area contributed by atoms with Gasteiger partial charge < -0.3 is 9.64 Å². The lowest BCUT2D eigenvalue weighted by atomic mass is 9.60. The van der Waals surface area contributed by atoms with E-state index >= 15 is 0 Å². The SMILES string of the molecule is Cc1ccccc1-c1ccc2c(c1)C1(c3cc(-c4ccccc4C)ccc3O2)c2cc(-c3ccccc3C)ccc2N(c2ccccc2)c2ccc(-c3ccccc3C)cc21. The second kappa shape index (κ2) is 14.4. The van der Waals surface area contributed by atoms with Gasteiger partial charge in [-0.3, -0.25) is 0 Å². The first kappa shape index (κ1) is 36.6. The summed E-state index contributed by atoms with van der Waals surface area (Å²) in [5, 5.41) is 0. The molecule has 2 aliphatic heterocycles. The van der Waals surface area contributed by atoms with E-state index in [-0.39, 0.29) is 0 Å². The molecule has 1 spiro atoms. The van der Waals surface area contributed by atoms with Crippen molar-refractivity contribution in [2.75, 3.05) is 4.90 Å². The van der Waals surface area contributed by atoms with Crippen LogP contribution >= 0.6 is 0 Å². The van der Waals surface area contributed by atoms with Crippen molar-refractivity contribution in [1.29, 1.82) is 0 Å². The summed E-state index contributed by atoms with van der Waals surface area (Å²) >= 11 is 0. The highest BCUT2D eigenvalue weighted by Crippen LogP contribution is 2.64. The van der Waals surface area contributed by atoms with E-state index in [9.17, 15) is 0 Å². The van der Waals surface area contributed by atoms with Crippen molar-refractivity contribution in [3.05, 3.63) is 245 Å². The quantitative estimate of drug-likeness (QED) is 0.172. The van der Waals surface area contributed by atoms with Gasteiger partial charge in [0.15, 0.2) is 0 Å². The molecule has 0 saturated heterocycles. The van der Waals surface area contributed by atoms with Crippen molar-refractivity contribution in [2.24, 2.45) is 0 Å². The van der Waals surface area contributed by atoms with Crippen molar-refractivity contribution < 1.29 is 4.74 Å². The summed E-state index contributed by atoms with van der Waals surface area (Å²) in [4.78, 5) is 2.48. The number of fused-ring (bicyclic) bond motifs is 8. The average molecular weight is 784 g/mol. The largest absolute Gasteiger partial charge is 0.457 e. The Balaban J connectivity index is 1.34. The number of anilines is 3. The highest BCUT2D eigenvalue weighted by molar-refractivity contribution is 5.94. The van der Waals surface area contributed by atoms with Gasteiger partial charge in [0.25, 0.3) is 0 Å². The molecule has 11 rings (SSSR count). The van der Waals surface area contributed by atoms with E-state index in [0.717, 1.165) is 50.8 Å². The third-order valence-electron chi connectivity index (χ3n) is 13.1. The van der Waals surface area contributed by atoms with Crippen LogP contribution in [-0.2, 0) is 5.41 Å².